The molecule has 25 heavy (non-hydrogen) atoms. The molecular weight excluding hydrogens is 335 g/mol. The topological polar surface area (TPSA) is 96.4 Å². The molecule has 5 nitrogen and oxygen atoms in total. The lowest BCUT2D eigenvalue weighted by molar-refractivity contribution is 0.371. The summed E-state index contributed by atoms with van der Waals surface area (Å²) >= 11 is 0. The summed E-state index contributed by atoms with van der Waals surface area (Å²) in [6, 6.07) is 7.95. The van der Waals surface area contributed by atoms with E-state index in [-0.39, 0.29) is 12.7 Å². The summed E-state index contributed by atoms with van der Waals surface area (Å²) in [7, 11) is -4.23. The molecule has 0 unspecified atom stereocenters. The van der Waals surface area contributed by atoms with E-state index >= 15 is 0 Å². The molecule has 0 saturated carbocycles. The molecule has 0 aliphatic carbocycles. The van der Waals surface area contributed by atoms with Gasteiger partial charge in [0, 0.05) is 17.9 Å². The normalized spacial score (nSPS) is 12.0. The fourth-order valence-corrected chi connectivity index (χ4v) is 3.89. The average molecular weight is 362 g/mol. The van der Waals surface area contributed by atoms with Crippen molar-refractivity contribution in [3.8, 4) is 11.1 Å². The number of hydrogen-bond donors (Lipinski definition) is 3. The van der Waals surface area contributed by atoms with E-state index in [9.17, 15) is 14.4 Å². The molecule has 0 fully saturated rings. The van der Waals surface area contributed by atoms with E-state index in [0.29, 0.717) is 17.2 Å². The van der Waals surface area contributed by atoms with E-state index in [2.05, 4.69) is 18.8 Å². The first-order valence-electron chi connectivity index (χ1n) is 8.45. The SMILES string of the molecule is Cc1ccc(-c2c(CP(=O)(O)O)c(C)nc(CC(C)C)c2CN)cc1. The van der Waals surface area contributed by atoms with Crippen LogP contribution in [0.15, 0.2) is 24.3 Å². The Labute approximate surface area is 149 Å². The number of aromatic nitrogens is 1. The molecule has 2 aromatic rings. The number of hydrogen-bond acceptors (Lipinski definition) is 3. The lowest BCUT2D eigenvalue weighted by Crippen LogP contribution is -2.13. The Morgan fingerprint density at radius 3 is 2.20 bits per heavy atom. The van der Waals surface area contributed by atoms with Crippen molar-refractivity contribution in [3.63, 3.8) is 0 Å². The van der Waals surface area contributed by atoms with Gasteiger partial charge in [-0.2, -0.15) is 0 Å². The van der Waals surface area contributed by atoms with E-state index in [0.717, 1.165) is 34.4 Å². The molecule has 2 rings (SSSR count). The minimum atomic E-state index is -4.23. The Hall–Kier alpha value is -1.52. The van der Waals surface area contributed by atoms with Crippen LogP contribution in [0.1, 0.15) is 41.9 Å². The molecule has 0 aliphatic rings. The third-order valence-electron chi connectivity index (χ3n) is 4.20. The zero-order valence-corrected chi connectivity index (χ0v) is 16.2. The van der Waals surface area contributed by atoms with Gasteiger partial charge in [0.25, 0.3) is 0 Å². The highest BCUT2D eigenvalue weighted by atomic mass is 31.2. The van der Waals surface area contributed by atoms with Crippen LogP contribution in [-0.4, -0.2) is 14.8 Å². The highest BCUT2D eigenvalue weighted by Crippen LogP contribution is 2.44. The van der Waals surface area contributed by atoms with Crippen LogP contribution in [0.3, 0.4) is 0 Å². The first-order chi connectivity index (χ1) is 11.6. The average Bonchev–Trinajstić information content (AvgIpc) is 2.49. The molecule has 0 amide bonds. The van der Waals surface area contributed by atoms with Crippen LogP contribution < -0.4 is 5.73 Å². The summed E-state index contributed by atoms with van der Waals surface area (Å²) in [4.78, 5) is 23.7. The molecule has 0 saturated heterocycles. The third-order valence-corrected chi connectivity index (χ3v) is 4.93. The lowest BCUT2D eigenvalue weighted by Gasteiger charge is -2.21. The largest absolute Gasteiger partial charge is 0.330 e. The van der Waals surface area contributed by atoms with Crippen molar-refractivity contribution in [2.75, 3.05) is 0 Å². The Bertz CT molecular complexity index is 795. The van der Waals surface area contributed by atoms with Gasteiger partial charge < -0.3 is 15.5 Å². The van der Waals surface area contributed by atoms with E-state index < -0.39 is 7.60 Å². The Balaban J connectivity index is 2.78. The van der Waals surface area contributed by atoms with Crippen molar-refractivity contribution >= 4 is 7.60 Å². The van der Waals surface area contributed by atoms with Crippen molar-refractivity contribution in [2.24, 2.45) is 11.7 Å². The van der Waals surface area contributed by atoms with Crippen molar-refractivity contribution in [2.45, 2.75) is 46.8 Å². The Morgan fingerprint density at radius 1 is 1.12 bits per heavy atom. The molecule has 0 radical (unpaired) electrons. The first kappa shape index (κ1) is 19.8. The second-order valence-corrected chi connectivity index (χ2v) is 8.61. The van der Waals surface area contributed by atoms with E-state index in [1.165, 1.54) is 0 Å². The summed E-state index contributed by atoms with van der Waals surface area (Å²) in [5, 5.41) is 0. The van der Waals surface area contributed by atoms with Crippen LogP contribution in [0.4, 0.5) is 0 Å². The second-order valence-electron chi connectivity index (χ2n) is 6.97. The molecule has 4 N–H and O–H groups in total. The molecule has 6 heteroatoms. The van der Waals surface area contributed by atoms with Crippen molar-refractivity contribution in [1.82, 2.24) is 4.98 Å². The van der Waals surface area contributed by atoms with Crippen LogP contribution >= 0.6 is 7.60 Å². The van der Waals surface area contributed by atoms with E-state index in [1.807, 2.05) is 38.1 Å². The second kappa shape index (κ2) is 7.79. The minimum Gasteiger partial charge on any atom is -0.326 e. The number of nitrogens with zero attached hydrogens (tertiary/aromatic N) is 1. The fraction of sp³-hybridized carbons (Fsp3) is 0.421. The predicted octanol–water partition coefficient (Wildman–Crippen LogP) is 3.70. The highest BCUT2D eigenvalue weighted by molar-refractivity contribution is 7.50. The highest BCUT2D eigenvalue weighted by Gasteiger charge is 2.24. The number of nitrogens with two attached hydrogens (primary N) is 1. The lowest BCUT2D eigenvalue weighted by atomic mass is 9.90. The van der Waals surface area contributed by atoms with Crippen LogP contribution in [0.5, 0.6) is 0 Å². The molecule has 0 aliphatic heterocycles. The predicted molar refractivity (Wildman–Crippen MR) is 101 cm³/mol. The van der Waals surface area contributed by atoms with Gasteiger partial charge in [-0.1, -0.05) is 43.7 Å². The van der Waals surface area contributed by atoms with Gasteiger partial charge in [-0.25, -0.2) is 0 Å². The van der Waals surface area contributed by atoms with Crippen molar-refractivity contribution < 1.29 is 14.4 Å². The Morgan fingerprint density at radius 2 is 1.72 bits per heavy atom. The van der Waals surface area contributed by atoms with Crippen LogP contribution in [0.2, 0.25) is 0 Å². The molecule has 136 valence electrons. The molecule has 1 aromatic carbocycles. The zero-order valence-electron chi connectivity index (χ0n) is 15.3. The summed E-state index contributed by atoms with van der Waals surface area (Å²) in [6.45, 7) is 8.34. The maximum absolute atomic E-state index is 11.7. The summed E-state index contributed by atoms with van der Waals surface area (Å²) in [5.74, 6) is 0.413. The Kier molecular flexibility index (Phi) is 6.17. The molecule has 1 aromatic heterocycles. The standard InChI is InChI=1S/C19H27N2O3P/c1-12(2)9-18-16(10-20)19(15-7-5-13(3)6-8-15)17(14(4)21-18)11-25(22,23)24/h5-8,12H,9-11,20H2,1-4H3,(H2,22,23,24). The van der Waals surface area contributed by atoms with Crippen molar-refractivity contribution in [3.05, 3.63) is 52.3 Å². The van der Waals surface area contributed by atoms with Gasteiger partial charge in [-0.3, -0.25) is 9.55 Å². The van der Waals surface area contributed by atoms with E-state index in [1.54, 1.807) is 0 Å². The monoisotopic (exact) mass is 362 g/mol. The molecule has 0 atom stereocenters. The van der Waals surface area contributed by atoms with Gasteiger partial charge in [0.05, 0.1) is 6.16 Å². The molecule has 0 spiro atoms. The maximum Gasteiger partial charge on any atom is 0.330 e. The van der Waals surface area contributed by atoms with Gasteiger partial charge in [0.2, 0.25) is 0 Å². The summed E-state index contributed by atoms with van der Waals surface area (Å²) < 4.78 is 11.7. The van der Waals surface area contributed by atoms with Crippen molar-refractivity contribution in [1.29, 1.82) is 0 Å². The quantitative estimate of drug-likeness (QED) is 0.681. The van der Waals surface area contributed by atoms with Gasteiger partial charge in [0.1, 0.15) is 0 Å². The van der Waals surface area contributed by atoms with Crippen LogP contribution in [-0.2, 0) is 23.7 Å². The number of aryl methyl sites for hydroxylation is 2. The van der Waals surface area contributed by atoms with Gasteiger partial charge >= 0.3 is 7.60 Å². The van der Waals surface area contributed by atoms with Gasteiger partial charge in [-0.15, -0.1) is 0 Å². The van der Waals surface area contributed by atoms with Crippen LogP contribution in [0.25, 0.3) is 11.1 Å². The summed E-state index contributed by atoms with van der Waals surface area (Å²) in [5.41, 5.74) is 12.0. The zero-order chi connectivity index (χ0) is 18.8. The van der Waals surface area contributed by atoms with Crippen LogP contribution in [0, 0.1) is 19.8 Å². The molecular formula is C19H27N2O3P. The fourth-order valence-electron chi connectivity index (χ4n) is 3.09. The first-order valence-corrected chi connectivity index (χ1v) is 10.2. The smallest absolute Gasteiger partial charge is 0.326 e. The number of rotatable bonds is 6. The molecule has 1 heterocycles. The minimum absolute atomic E-state index is 0.284. The van der Waals surface area contributed by atoms with E-state index in [4.69, 9.17) is 5.73 Å². The maximum atomic E-state index is 11.7. The third kappa shape index (κ3) is 4.99. The number of pyridine rings is 1. The van der Waals surface area contributed by atoms with Gasteiger partial charge in [-0.05, 0) is 48.4 Å². The number of benzene rings is 1. The van der Waals surface area contributed by atoms with Gasteiger partial charge in [0.15, 0.2) is 0 Å². The molecule has 0 bridgehead atoms. The summed E-state index contributed by atoms with van der Waals surface area (Å²) in [6.07, 6.45) is 0.451.